The summed E-state index contributed by atoms with van der Waals surface area (Å²) in [6.45, 7) is 4.69. The minimum Gasteiger partial charge on any atom is -0.310 e. The smallest absolute Gasteiger partial charge is 0.0468 e. The van der Waals surface area contributed by atoms with E-state index >= 15 is 0 Å². The van der Waals surface area contributed by atoms with E-state index in [9.17, 15) is 0 Å². The van der Waals surface area contributed by atoms with Crippen LogP contribution in [0.4, 0.5) is 17.1 Å². The minimum atomic E-state index is -0.0425. The summed E-state index contributed by atoms with van der Waals surface area (Å²) in [6.07, 6.45) is 0. The highest BCUT2D eigenvalue weighted by molar-refractivity contribution is 7.25. The van der Waals surface area contributed by atoms with Crippen LogP contribution in [-0.4, -0.2) is 0 Å². The molecule has 0 atom stereocenters. The Morgan fingerprint density at radius 1 is 0.364 bits per heavy atom. The molecule has 1 aliphatic carbocycles. The number of fused-ring (bicyclic) bond motifs is 8. The Labute approximate surface area is 325 Å². The van der Waals surface area contributed by atoms with E-state index in [1.165, 1.54) is 86.2 Å². The Morgan fingerprint density at radius 3 is 1.84 bits per heavy atom. The van der Waals surface area contributed by atoms with Crippen molar-refractivity contribution in [1.82, 2.24) is 0 Å². The quantitative estimate of drug-likeness (QED) is 0.171. The van der Waals surface area contributed by atoms with Gasteiger partial charge in [0.25, 0.3) is 0 Å². The van der Waals surface area contributed by atoms with E-state index in [0.717, 1.165) is 17.1 Å². The third-order valence-corrected chi connectivity index (χ3v) is 13.0. The van der Waals surface area contributed by atoms with Gasteiger partial charge in [0.1, 0.15) is 0 Å². The second kappa shape index (κ2) is 12.3. The SMILES string of the molecule is CC1(C)c2ccccc2-c2cc(N(c3ccc(-c4ccc5cc6sc7ccccc7c6cc5c4)cc3)c3ccc(-c4cccc5ccccc45)cc3)ccc21. The van der Waals surface area contributed by atoms with Crippen LogP contribution in [0.2, 0.25) is 0 Å². The Balaban J connectivity index is 1.01. The van der Waals surface area contributed by atoms with Crippen molar-refractivity contribution >= 4 is 70.1 Å². The summed E-state index contributed by atoms with van der Waals surface area (Å²) < 4.78 is 2.68. The first-order valence-electron chi connectivity index (χ1n) is 19.1. The van der Waals surface area contributed by atoms with E-state index in [4.69, 9.17) is 0 Å². The molecular weight excluding hydrogens is 683 g/mol. The summed E-state index contributed by atoms with van der Waals surface area (Å²) in [7, 11) is 0. The van der Waals surface area contributed by atoms with E-state index < -0.39 is 0 Å². The first-order chi connectivity index (χ1) is 27.0. The van der Waals surface area contributed by atoms with E-state index in [1.807, 2.05) is 11.3 Å². The van der Waals surface area contributed by atoms with Gasteiger partial charge in [0.2, 0.25) is 0 Å². The second-order valence-electron chi connectivity index (χ2n) is 15.4. The van der Waals surface area contributed by atoms with Gasteiger partial charge in [-0.25, -0.2) is 0 Å². The molecule has 1 nitrogen and oxygen atoms in total. The summed E-state index contributed by atoms with van der Waals surface area (Å²) in [5.74, 6) is 0. The minimum absolute atomic E-state index is 0.0425. The predicted octanol–water partition coefficient (Wildman–Crippen LogP) is 15.5. The summed E-state index contributed by atoms with van der Waals surface area (Å²) in [5, 5.41) is 7.75. The number of anilines is 3. The normalized spacial score (nSPS) is 13.1. The number of hydrogen-bond donors (Lipinski definition) is 0. The fourth-order valence-electron chi connectivity index (χ4n) is 9.01. The molecule has 0 aliphatic heterocycles. The lowest BCUT2D eigenvalue weighted by molar-refractivity contribution is 0.660. The van der Waals surface area contributed by atoms with Crippen LogP contribution in [0.3, 0.4) is 0 Å². The first kappa shape index (κ1) is 32.0. The fourth-order valence-corrected chi connectivity index (χ4v) is 10.1. The Kier molecular flexibility index (Phi) is 7.14. The molecule has 0 saturated carbocycles. The molecular formula is C53H37NS. The fraction of sp³-hybridized carbons (Fsp3) is 0.0566. The summed E-state index contributed by atoms with van der Waals surface area (Å²) in [6, 6.07) is 69.7. The molecule has 0 bridgehead atoms. The van der Waals surface area contributed by atoms with Crippen LogP contribution in [0.1, 0.15) is 25.0 Å². The highest BCUT2D eigenvalue weighted by atomic mass is 32.1. The van der Waals surface area contributed by atoms with Gasteiger partial charge in [0, 0.05) is 42.6 Å². The Hall–Kier alpha value is -6.48. The second-order valence-corrected chi connectivity index (χ2v) is 16.4. The van der Waals surface area contributed by atoms with Crippen LogP contribution in [0.5, 0.6) is 0 Å². The lowest BCUT2D eigenvalue weighted by atomic mass is 9.82. The van der Waals surface area contributed by atoms with E-state index in [0.29, 0.717) is 0 Å². The van der Waals surface area contributed by atoms with Gasteiger partial charge in [-0.2, -0.15) is 0 Å². The molecule has 0 unspecified atom stereocenters. The van der Waals surface area contributed by atoms with Gasteiger partial charge in [-0.3, -0.25) is 0 Å². The zero-order chi connectivity index (χ0) is 36.7. The van der Waals surface area contributed by atoms with Gasteiger partial charge in [-0.1, -0.05) is 141 Å². The van der Waals surface area contributed by atoms with Gasteiger partial charge in [0.05, 0.1) is 0 Å². The maximum atomic E-state index is 2.41. The van der Waals surface area contributed by atoms with E-state index in [1.54, 1.807) is 0 Å². The number of rotatable bonds is 5. The van der Waals surface area contributed by atoms with Crippen LogP contribution < -0.4 is 4.90 Å². The summed E-state index contributed by atoms with van der Waals surface area (Å²) in [4.78, 5) is 2.41. The van der Waals surface area contributed by atoms with Gasteiger partial charge in [-0.15, -0.1) is 11.3 Å². The molecule has 55 heavy (non-hydrogen) atoms. The molecule has 1 heterocycles. The molecule has 0 N–H and O–H groups in total. The monoisotopic (exact) mass is 719 g/mol. The number of hydrogen-bond acceptors (Lipinski definition) is 2. The van der Waals surface area contributed by atoms with Crippen LogP contribution in [0, 0.1) is 0 Å². The maximum Gasteiger partial charge on any atom is 0.0468 e. The number of benzene rings is 9. The van der Waals surface area contributed by atoms with Crippen LogP contribution in [0.15, 0.2) is 188 Å². The summed E-state index contributed by atoms with van der Waals surface area (Å²) >= 11 is 1.88. The van der Waals surface area contributed by atoms with Crippen molar-refractivity contribution in [2.45, 2.75) is 19.3 Å². The maximum absolute atomic E-state index is 2.41. The van der Waals surface area contributed by atoms with Crippen molar-refractivity contribution in [1.29, 1.82) is 0 Å². The number of nitrogens with zero attached hydrogens (tertiary/aromatic N) is 1. The van der Waals surface area contributed by atoms with Crippen molar-refractivity contribution in [2.24, 2.45) is 0 Å². The molecule has 11 rings (SSSR count). The van der Waals surface area contributed by atoms with Crippen molar-refractivity contribution in [3.8, 4) is 33.4 Å². The molecule has 260 valence electrons. The van der Waals surface area contributed by atoms with E-state index in [2.05, 4.69) is 207 Å². The molecule has 0 spiro atoms. The predicted molar refractivity (Wildman–Crippen MR) is 237 cm³/mol. The molecule has 10 aromatic rings. The lowest BCUT2D eigenvalue weighted by Gasteiger charge is -2.27. The number of thiophene rings is 1. The molecule has 0 fully saturated rings. The van der Waals surface area contributed by atoms with Crippen molar-refractivity contribution < 1.29 is 0 Å². The Bertz CT molecular complexity index is 3110. The van der Waals surface area contributed by atoms with Gasteiger partial charge in [0.15, 0.2) is 0 Å². The van der Waals surface area contributed by atoms with Gasteiger partial charge in [-0.05, 0) is 127 Å². The summed E-state index contributed by atoms with van der Waals surface area (Å²) in [5.41, 5.74) is 13.7. The largest absolute Gasteiger partial charge is 0.310 e. The van der Waals surface area contributed by atoms with Crippen molar-refractivity contribution in [2.75, 3.05) is 4.90 Å². The van der Waals surface area contributed by atoms with Gasteiger partial charge >= 0.3 is 0 Å². The molecule has 0 radical (unpaired) electrons. The molecule has 2 heteroatoms. The van der Waals surface area contributed by atoms with Crippen molar-refractivity contribution in [3.63, 3.8) is 0 Å². The van der Waals surface area contributed by atoms with Crippen LogP contribution in [0.25, 0.3) is 75.1 Å². The molecule has 0 saturated heterocycles. The standard InChI is InChI=1S/C53H37NS/c1-53(2)49-16-7-5-13-45(49)47-33-42(28-29-50(47)53)54(41-26-22-36(23-27-41)44-15-9-11-35-10-3-4-12-43(35)44)40-24-20-34(21-25-40)37-18-19-38-32-52-48(31-39(38)30-37)46-14-6-8-17-51(46)55-52/h3-33H,1-2H3. The van der Waals surface area contributed by atoms with Crippen LogP contribution in [-0.2, 0) is 5.41 Å². The van der Waals surface area contributed by atoms with Crippen LogP contribution >= 0.6 is 11.3 Å². The van der Waals surface area contributed by atoms with E-state index in [-0.39, 0.29) is 5.41 Å². The average molecular weight is 720 g/mol. The first-order valence-corrected chi connectivity index (χ1v) is 19.9. The third kappa shape index (κ3) is 5.13. The molecule has 0 amide bonds. The zero-order valence-electron chi connectivity index (χ0n) is 30.8. The topological polar surface area (TPSA) is 3.24 Å². The highest BCUT2D eigenvalue weighted by Crippen LogP contribution is 2.51. The average Bonchev–Trinajstić information content (AvgIpc) is 3.71. The zero-order valence-corrected chi connectivity index (χ0v) is 31.6. The van der Waals surface area contributed by atoms with Crippen molar-refractivity contribution in [3.05, 3.63) is 199 Å². The molecule has 9 aromatic carbocycles. The highest BCUT2D eigenvalue weighted by Gasteiger charge is 2.35. The molecule has 1 aromatic heterocycles. The Morgan fingerprint density at radius 2 is 1.00 bits per heavy atom. The lowest BCUT2D eigenvalue weighted by Crippen LogP contribution is -2.15. The third-order valence-electron chi connectivity index (χ3n) is 11.8. The molecule has 1 aliphatic rings. The van der Waals surface area contributed by atoms with Gasteiger partial charge < -0.3 is 4.90 Å².